The molecule has 0 unspecified atom stereocenters. The number of halogens is 1. The van der Waals surface area contributed by atoms with Gasteiger partial charge in [-0.3, -0.25) is 9.59 Å². The molecule has 0 saturated carbocycles. The summed E-state index contributed by atoms with van der Waals surface area (Å²) >= 11 is 5.96. The van der Waals surface area contributed by atoms with Crippen molar-refractivity contribution in [2.45, 2.75) is 26.3 Å². The fourth-order valence-electron chi connectivity index (χ4n) is 2.18. The molecule has 0 aliphatic rings. The first-order chi connectivity index (χ1) is 10.3. The zero-order valence-electron chi connectivity index (χ0n) is 13.5. The lowest BCUT2D eigenvalue weighted by Gasteiger charge is -2.23. The van der Waals surface area contributed by atoms with Gasteiger partial charge in [0.1, 0.15) is 0 Å². The minimum Gasteiger partial charge on any atom is -0.344 e. The number of likely N-dealkylation sites (N-methyl/N-ethyl adjacent to an activating group) is 1. The van der Waals surface area contributed by atoms with Crippen LogP contribution in [-0.2, 0) is 9.59 Å². The second-order valence-electron chi connectivity index (χ2n) is 6.00. The van der Waals surface area contributed by atoms with Gasteiger partial charge in [-0.2, -0.15) is 0 Å². The molecule has 0 fully saturated rings. The molecule has 0 bridgehead atoms. The van der Waals surface area contributed by atoms with E-state index in [1.165, 1.54) is 0 Å². The molecule has 2 N–H and O–H groups in total. The Kier molecular flexibility index (Phi) is 7.35. The molecular formula is C16H24ClN3O2. The Bertz CT molecular complexity index is 508. The van der Waals surface area contributed by atoms with E-state index in [1.807, 2.05) is 19.0 Å². The van der Waals surface area contributed by atoms with Crippen LogP contribution in [0, 0.1) is 5.92 Å². The van der Waals surface area contributed by atoms with Crippen LogP contribution in [0.4, 0.5) is 5.69 Å². The molecule has 122 valence electrons. The van der Waals surface area contributed by atoms with E-state index < -0.39 is 11.8 Å². The van der Waals surface area contributed by atoms with E-state index >= 15 is 0 Å². The highest BCUT2D eigenvalue weighted by molar-refractivity contribution is 6.41. The average Bonchev–Trinajstić information content (AvgIpc) is 2.39. The third-order valence-corrected chi connectivity index (χ3v) is 3.33. The highest BCUT2D eigenvalue weighted by Gasteiger charge is 2.20. The number of para-hydroxylation sites is 1. The van der Waals surface area contributed by atoms with Gasteiger partial charge in [0.15, 0.2) is 0 Å². The fraction of sp³-hybridized carbons (Fsp3) is 0.500. The van der Waals surface area contributed by atoms with Gasteiger partial charge < -0.3 is 15.5 Å². The first-order valence-corrected chi connectivity index (χ1v) is 7.68. The van der Waals surface area contributed by atoms with Crippen molar-refractivity contribution in [1.29, 1.82) is 0 Å². The van der Waals surface area contributed by atoms with Crippen LogP contribution in [0.5, 0.6) is 0 Å². The summed E-state index contributed by atoms with van der Waals surface area (Å²) in [4.78, 5) is 26.0. The van der Waals surface area contributed by atoms with E-state index in [1.54, 1.807) is 24.3 Å². The van der Waals surface area contributed by atoms with Crippen LogP contribution in [0.3, 0.4) is 0 Å². The van der Waals surface area contributed by atoms with Gasteiger partial charge >= 0.3 is 11.8 Å². The normalized spacial score (nSPS) is 12.3. The molecule has 6 heteroatoms. The summed E-state index contributed by atoms with van der Waals surface area (Å²) in [6.07, 6.45) is 0.809. The predicted molar refractivity (Wildman–Crippen MR) is 90.0 cm³/mol. The zero-order chi connectivity index (χ0) is 16.7. The van der Waals surface area contributed by atoms with Gasteiger partial charge in [-0.25, -0.2) is 0 Å². The number of hydrogen-bond acceptors (Lipinski definition) is 3. The van der Waals surface area contributed by atoms with Crippen molar-refractivity contribution in [3.63, 3.8) is 0 Å². The van der Waals surface area contributed by atoms with Gasteiger partial charge in [-0.05, 0) is 38.6 Å². The second-order valence-corrected chi connectivity index (χ2v) is 6.40. The molecule has 5 nitrogen and oxygen atoms in total. The topological polar surface area (TPSA) is 61.4 Å². The van der Waals surface area contributed by atoms with Crippen molar-refractivity contribution in [2.75, 3.05) is 26.0 Å². The van der Waals surface area contributed by atoms with Gasteiger partial charge in [-0.1, -0.05) is 37.6 Å². The minimum atomic E-state index is -0.708. The van der Waals surface area contributed by atoms with Crippen LogP contribution in [0.25, 0.3) is 0 Å². The van der Waals surface area contributed by atoms with E-state index in [9.17, 15) is 9.59 Å². The van der Waals surface area contributed by atoms with Crippen molar-refractivity contribution in [1.82, 2.24) is 10.2 Å². The van der Waals surface area contributed by atoms with E-state index in [0.29, 0.717) is 23.2 Å². The maximum Gasteiger partial charge on any atom is 0.313 e. The van der Waals surface area contributed by atoms with E-state index in [0.717, 1.165) is 6.42 Å². The fourth-order valence-corrected chi connectivity index (χ4v) is 2.36. The van der Waals surface area contributed by atoms with Crippen LogP contribution in [0.1, 0.15) is 20.3 Å². The maximum absolute atomic E-state index is 12.0. The van der Waals surface area contributed by atoms with Crippen molar-refractivity contribution in [2.24, 2.45) is 5.92 Å². The lowest BCUT2D eigenvalue weighted by Crippen LogP contribution is -2.46. The quantitative estimate of drug-likeness (QED) is 0.789. The average molecular weight is 326 g/mol. The highest BCUT2D eigenvalue weighted by Crippen LogP contribution is 2.20. The predicted octanol–water partition coefficient (Wildman–Crippen LogP) is 2.37. The number of amides is 2. The second kappa shape index (κ2) is 8.76. The summed E-state index contributed by atoms with van der Waals surface area (Å²) in [5.41, 5.74) is 0.428. The van der Waals surface area contributed by atoms with Crippen LogP contribution < -0.4 is 10.6 Å². The molecule has 22 heavy (non-hydrogen) atoms. The number of carbonyl (C=O) groups excluding carboxylic acids is 2. The zero-order valence-corrected chi connectivity index (χ0v) is 14.3. The van der Waals surface area contributed by atoms with Crippen molar-refractivity contribution < 1.29 is 9.59 Å². The van der Waals surface area contributed by atoms with Crippen molar-refractivity contribution in [3.05, 3.63) is 29.3 Å². The molecule has 1 aromatic rings. The Hall–Kier alpha value is -1.59. The van der Waals surface area contributed by atoms with Crippen LogP contribution >= 0.6 is 11.6 Å². The third kappa shape index (κ3) is 6.45. The van der Waals surface area contributed by atoms with Gasteiger partial charge in [0.25, 0.3) is 0 Å². The summed E-state index contributed by atoms with van der Waals surface area (Å²) in [5, 5.41) is 5.71. The summed E-state index contributed by atoms with van der Waals surface area (Å²) in [6, 6.07) is 6.74. The lowest BCUT2D eigenvalue weighted by molar-refractivity contribution is -0.136. The summed E-state index contributed by atoms with van der Waals surface area (Å²) in [5.74, 6) is -0.926. The summed E-state index contributed by atoms with van der Waals surface area (Å²) < 4.78 is 0. The summed E-state index contributed by atoms with van der Waals surface area (Å²) in [6.45, 7) is 4.85. The Labute approximate surface area is 137 Å². The number of carbonyl (C=O) groups is 2. The number of benzene rings is 1. The first kappa shape index (κ1) is 18.5. The van der Waals surface area contributed by atoms with Gasteiger partial charge in [0, 0.05) is 12.6 Å². The first-order valence-electron chi connectivity index (χ1n) is 7.30. The summed E-state index contributed by atoms with van der Waals surface area (Å²) in [7, 11) is 3.87. The maximum atomic E-state index is 12.0. The van der Waals surface area contributed by atoms with Crippen molar-refractivity contribution >= 4 is 29.1 Å². The largest absolute Gasteiger partial charge is 0.344 e. The number of anilines is 1. The smallest absolute Gasteiger partial charge is 0.313 e. The number of rotatable bonds is 6. The molecule has 1 aromatic carbocycles. The van der Waals surface area contributed by atoms with Gasteiger partial charge in [0.05, 0.1) is 10.7 Å². The molecule has 0 aliphatic heterocycles. The molecule has 0 radical (unpaired) electrons. The molecule has 0 spiro atoms. The Morgan fingerprint density at radius 2 is 1.82 bits per heavy atom. The van der Waals surface area contributed by atoms with Gasteiger partial charge in [-0.15, -0.1) is 0 Å². The number of nitrogens with one attached hydrogen (secondary N) is 2. The standard InChI is InChI=1S/C16H24ClN3O2/c1-11(2)9-12(10-20(3)4)18-15(21)16(22)19-14-8-6-5-7-13(14)17/h5-8,11-12H,9-10H2,1-4H3,(H,18,21)(H,19,22)/t12-/m1/s1. The Morgan fingerprint density at radius 1 is 1.18 bits per heavy atom. The van der Waals surface area contributed by atoms with Crippen LogP contribution in [-0.4, -0.2) is 43.4 Å². The van der Waals surface area contributed by atoms with Gasteiger partial charge in [0.2, 0.25) is 0 Å². The Balaban J connectivity index is 2.64. The minimum absolute atomic E-state index is 0.0699. The molecule has 0 aliphatic carbocycles. The molecule has 0 aromatic heterocycles. The molecule has 1 atom stereocenters. The van der Waals surface area contributed by atoms with Crippen molar-refractivity contribution in [3.8, 4) is 0 Å². The molecule has 1 rings (SSSR count). The lowest BCUT2D eigenvalue weighted by atomic mass is 10.0. The van der Waals surface area contributed by atoms with Crippen LogP contribution in [0.2, 0.25) is 5.02 Å². The monoisotopic (exact) mass is 325 g/mol. The SMILES string of the molecule is CC(C)C[C@H](CN(C)C)NC(=O)C(=O)Nc1ccccc1Cl. The van der Waals surface area contributed by atoms with E-state index in [2.05, 4.69) is 24.5 Å². The molecule has 2 amide bonds. The van der Waals surface area contributed by atoms with E-state index in [-0.39, 0.29) is 6.04 Å². The molecule has 0 heterocycles. The van der Waals surface area contributed by atoms with E-state index in [4.69, 9.17) is 11.6 Å². The number of nitrogens with zero attached hydrogens (tertiary/aromatic N) is 1. The molecule has 0 saturated heterocycles. The highest BCUT2D eigenvalue weighted by atomic mass is 35.5. The molecular weight excluding hydrogens is 302 g/mol. The van der Waals surface area contributed by atoms with Crippen LogP contribution in [0.15, 0.2) is 24.3 Å². The third-order valence-electron chi connectivity index (χ3n) is 3.00. The Morgan fingerprint density at radius 3 is 2.36 bits per heavy atom. The number of hydrogen-bond donors (Lipinski definition) is 2.